The summed E-state index contributed by atoms with van der Waals surface area (Å²) in [4.78, 5) is 0. The Morgan fingerprint density at radius 3 is 1.70 bits per heavy atom. The van der Waals surface area contributed by atoms with Gasteiger partial charge in [-0.1, -0.05) is 20.8 Å². The molecule has 2 aliphatic rings. The summed E-state index contributed by atoms with van der Waals surface area (Å²) in [5.74, 6) is 5.38. The summed E-state index contributed by atoms with van der Waals surface area (Å²) in [5, 5.41) is 0. The first-order chi connectivity index (χ1) is 4.70. The van der Waals surface area contributed by atoms with Crippen LogP contribution in [0.5, 0.6) is 0 Å². The first-order valence-corrected chi connectivity index (χ1v) is 4.70. The van der Waals surface area contributed by atoms with Crippen molar-refractivity contribution in [2.24, 2.45) is 29.6 Å². The van der Waals surface area contributed by atoms with Crippen LogP contribution in [0.15, 0.2) is 0 Å². The van der Waals surface area contributed by atoms with Crippen molar-refractivity contribution in [3.8, 4) is 0 Å². The third-order valence-corrected chi connectivity index (χ3v) is 3.94. The van der Waals surface area contributed by atoms with Gasteiger partial charge in [-0.25, -0.2) is 0 Å². The molecule has 0 aliphatic heterocycles. The lowest BCUT2D eigenvalue weighted by Gasteiger charge is -2.41. The molecule has 0 saturated heterocycles. The van der Waals surface area contributed by atoms with Gasteiger partial charge in [0.15, 0.2) is 0 Å². The minimum Gasteiger partial charge on any atom is -0.0622 e. The Balaban J connectivity index is 1.87. The minimum absolute atomic E-state index is 1.03. The fourth-order valence-corrected chi connectivity index (χ4v) is 2.60. The smallest absolute Gasteiger partial charge is 0.0352 e. The minimum atomic E-state index is 1.03. The van der Waals surface area contributed by atoms with Crippen molar-refractivity contribution >= 4 is 0 Å². The largest absolute Gasteiger partial charge is 0.0622 e. The molecule has 2 rings (SSSR count). The summed E-state index contributed by atoms with van der Waals surface area (Å²) in [6.07, 6.45) is 3.05. The number of hydrogen-bond donors (Lipinski definition) is 0. The van der Waals surface area contributed by atoms with Gasteiger partial charge in [-0.3, -0.25) is 0 Å². The Morgan fingerprint density at radius 1 is 0.800 bits per heavy atom. The van der Waals surface area contributed by atoms with E-state index >= 15 is 0 Å². The third-order valence-electron chi connectivity index (χ3n) is 3.94. The predicted molar refractivity (Wildman–Crippen MR) is 43.7 cm³/mol. The Bertz CT molecular complexity index is 137. The zero-order valence-corrected chi connectivity index (χ0v) is 7.30. The second kappa shape index (κ2) is 1.99. The summed E-state index contributed by atoms with van der Waals surface area (Å²) in [7, 11) is 0. The molecule has 5 atom stereocenters. The van der Waals surface area contributed by atoms with Gasteiger partial charge in [-0.15, -0.1) is 0 Å². The predicted octanol–water partition coefficient (Wildman–Crippen LogP) is 2.93. The van der Waals surface area contributed by atoms with Gasteiger partial charge in [0.2, 0.25) is 0 Å². The zero-order chi connectivity index (χ0) is 7.30. The van der Waals surface area contributed by atoms with Gasteiger partial charge < -0.3 is 0 Å². The first-order valence-electron chi connectivity index (χ1n) is 4.70. The standard InChI is InChI=1S/C10H18/c1-6-4-10(8(6)3)9-5-7(9)2/h6-10H,4-5H2,1-3H3. The Kier molecular flexibility index (Phi) is 1.33. The van der Waals surface area contributed by atoms with E-state index in [1.54, 1.807) is 0 Å². The van der Waals surface area contributed by atoms with Crippen molar-refractivity contribution in [1.82, 2.24) is 0 Å². The van der Waals surface area contributed by atoms with Crippen molar-refractivity contribution in [3.05, 3.63) is 0 Å². The van der Waals surface area contributed by atoms with Gasteiger partial charge in [0.1, 0.15) is 0 Å². The molecular formula is C10H18. The lowest BCUT2D eigenvalue weighted by Crippen LogP contribution is -2.34. The van der Waals surface area contributed by atoms with Crippen LogP contribution in [0.4, 0.5) is 0 Å². The summed E-state index contributed by atoms with van der Waals surface area (Å²) in [6.45, 7) is 7.23. The number of hydrogen-bond acceptors (Lipinski definition) is 0. The van der Waals surface area contributed by atoms with E-state index in [4.69, 9.17) is 0 Å². The normalized spacial score (nSPS) is 59.7. The fraction of sp³-hybridized carbons (Fsp3) is 1.00. The highest BCUT2D eigenvalue weighted by atomic mass is 14.5. The molecule has 0 radical (unpaired) electrons. The monoisotopic (exact) mass is 138 g/mol. The average Bonchev–Trinajstić information content (AvgIpc) is 2.60. The van der Waals surface area contributed by atoms with Gasteiger partial charge in [0.25, 0.3) is 0 Å². The molecule has 0 spiro atoms. The Morgan fingerprint density at radius 2 is 1.40 bits per heavy atom. The van der Waals surface area contributed by atoms with Crippen LogP contribution in [0.1, 0.15) is 33.6 Å². The van der Waals surface area contributed by atoms with Crippen LogP contribution in [0.3, 0.4) is 0 Å². The van der Waals surface area contributed by atoms with Gasteiger partial charge in [0.05, 0.1) is 0 Å². The maximum Gasteiger partial charge on any atom is -0.0352 e. The van der Waals surface area contributed by atoms with Crippen LogP contribution in [0.25, 0.3) is 0 Å². The van der Waals surface area contributed by atoms with Crippen LogP contribution in [0, 0.1) is 29.6 Å². The second-order valence-corrected chi connectivity index (χ2v) is 4.61. The van der Waals surface area contributed by atoms with E-state index < -0.39 is 0 Å². The van der Waals surface area contributed by atoms with Crippen molar-refractivity contribution in [1.29, 1.82) is 0 Å². The van der Waals surface area contributed by atoms with E-state index in [2.05, 4.69) is 20.8 Å². The van der Waals surface area contributed by atoms with Gasteiger partial charge in [0, 0.05) is 0 Å². The molecule has 58 valence electrons. The molecule has 0 N–H and O–H groups in total. The topological polar surface area (TPSA) is 0 Å². The summed E-state index contributed by atoms with van der Waals surface area (Å²) in [6, 6.07) is 0. The Hall–Kier alpha value is 0. The van der Waals surface area contributed by atoms with E-state index in [0.29, 0.717) is 0 Å². The van der Waals surface area contributed by atoms with E-state index in [0.717, 1.165) is 29.6 Å². The summed E-state index contributed by atoms with van der Waals surface area (Å²) >= 11 is 0. The van der Waals surface area contributed by atoms with E-state index in [1.165, 1.54) is 12.8 Å². The molecule has 5 unspecified atom stereocenters. The molecule has 0 aromatic carbocycles. The molecule has 0 nitrogen and oxygen atoms in total. The molecule has 0 amide bonds. The molecule has 0 bridgehead atoms. The van der Waals surface area contributed by atoms with Crippen molar-refractivity contribution < 1.29 is 0 Å². The van der Waals surface area contributed by atoms with E-state index in [1.807, 2.05) is 0 Å². The van der Waals surface area contributed by atoms with Gasteiger partial charge in [-0.2, -0.15) is 0 Å². The Labute approximate surface area is 64.0 Å². The van der Waals surface area contributed by atoms with Gasteiger partial charge in [-0.05, 0) is 42.4 Å². The molecule has 2 fully saturated rings. The first kappa shape index (κ1) is 6.69. The van der Waals surface area contributed by atoms with Crippen LogP contribution < -0.4 is 0 Å². The number of rotatable bonds is 1. The van der Waals surface area contributed by atoms with Crippen LogP contribution >= 0.6 is 0 Å². The molecule has 0 aromatic rings. The van der Waals surface area contributed by atoms with E-state index in [-0.39, 0.29) is 0 Å². The quantitative estimate of drug-likeness (QED) is 0.522. The highest BCUT2D eigenvalue weighted by molar-refractivity contribution is 4.97. The third kappa shape index (κ3) is 0.810. The molecule has 10 heavy (non-hydrogen) atoms. The lowest BCUT2D eigenvalue weighted by atomic mass is 9.64. The molecule has 0 heteroatoms. The molecule has 0 aromatic heterocycles. The summed E-state index contributed by atoms with van der Waals surface area (Å²) < 4.78 is 0. The summed E-state index contributed by atoms with van der Waals surface area (Å²) in [5.41, 5.74) is 0. The maximum absolute atomic E-state index is 2.43. The fourth-order valence-electron chi connectivity index (χ4n) is 2.60. The van der Waals surface area contributed by atoms with Crippen LogP contribution in [-0.2, 0) is 0 Å². The molecule has 2 aliphatic carbocycles. The molecule has 2 saturated carbocycles. The van der Waals surface area contributed by atoms with Crippen molar-refractivity contribution in [2.75, 3.05) is 0 Å². The SMILES string of the molecule is CC1CC(C2CC2C)C1C. The van der Waals surface area contributed by atoms with Crippen LogP contribution in [-0.4, -0.2) is 0 Å². The van der Waals surface area contributed by atoms with Crippen LogP contribution in [0.2, 0.25) is 0 Å². The van der Waals surface area contributed by atoms with Crippen molar-refractivity contribution in [2.45, 2.75) is 33.6 Å². The molecular weight excluding hydrogens is 120 g/mol. The van der Waals surface area contributed by atoms with E-state index in [9.17, 15) is 0 Å². The molecule has 0 heterocycles. The highest BCUT2D eigenvalue weighted by Crippen LogP contribution is 2.55. The average molecular weight is 138 g/mol. The highest BCUT2D eigenvalue weighted by Gasteiger charge is 2.48. The zero-order valence-electron chi connectivity index (χ0n) is 7.30. The second-order valence-electron chi connectivity index (χ2n) is 4.61. The lowest BCUT2D eigenvalue weighted by molar-refractivity contribution is 0.0791. The van der Waals surface area contributed by atoms with Crippen molar-refractivity contribution in [3.63, 3.8) is 0 Å². The van der Waals surface area contributed by atoms with Gasteiger partial charge >= 0.3 is 0 Å². The maximum atomic E-state index is 2.43.